The lowest BCUT2D eigenvalue weighted by Gasteiger charge is -2.07. The third kappa shape index (κ3) is 4.48. The summed E-state index contributed by atoms with van der Waals surface area (Å²) in [5, 5.41) is 12.3. The van der Waals surface area contributed by atoms with Gasteiger partial charge in [-0.05, 0) is 43.8 Å². The molecule has 0 bridgehead atoms. The number of nitrogens with zero attached hydrogens (tertiary/aromatic N) is 1. The van der Waals surface area contributed by atoms with E-state index in [1.165, 1.54) is 0 Å². The standard InChI is InChI=1S/C15H17N3O2.C2H6/c1-3-4-9-16-13-10(2)15(20)18-14(17-13)11-5-7-12(19)8-6-11;1-2/h4-9,19H,3H2,1-2H3,(H2,16,17,18,20);1-2H3/b9-4+;. The molecule has 0 aliphatic carbocycles. The fourth-order valence-corrected chi connectivity index (χ4v) is 1.68. The number of H-pyrrole nitrogens is 1. The number of anilines is 1. The van der Waals surface area contributed by atoms with Crippen molar-refractivity contribution in [2.45, 2.75) is 34.1 Å². The normalized spacial score (nSPS) is 10.2. The summed E-state index contributed by atoms with van der Waals surface area (Å²) >= 11 is 0. The van der Waals surface area contributed by atoms with Crippen molar-refractivity contribution in [2.75, 3.05) is 5.32 Å². The van der Waals surface area contributed by atoms with Crippen LogP contribution in [0.4, 0.5) is 5.82 Å². The zero-order valence-corrected chi connectivity index (χ0v) is 13.5. The fourth-order valence-electron chi connectivity index (χ4n) is 1.68. The molecule has 22 heavy (non-hydrogen) atoms. The molecule has 0 unspecified atom stereocenters. The van der Waals surface area contributed by atoms with E-state index in [0.29, 0.717) is 17.2 Å². The van der Waals surface area contributed by atoms with Gasteiger partial charge in [-0.2, -0.15) is 0 Å². The van der Waals surface area contributed by atoms with E-state index in [4.69, 9.17) is 0 Å². The summed E-state index contributed by atoms with van der Waals surface area (Å²) in [5.74, 6) is 1.17. The van der Waals surface area contributed by atoms with Crippen LogP contribution in [0.2, 0.25) is 0 Å². The molecule has 1 aromatic heterocycles. The van der Waals surface area contributed by atoms with Gasteiger partial charge in [0.15, 0.2) is 0 Å². The van der Waals surface area contributed by atoms with Gasteiger partial charge in [0, 0.05) is 5.56 Å². The monoisotopic (exact) mass is 301 g/mol. The van der Waals surface area contributed by atoms with Crippen LogP contribution in [0.1, 0.15) is 32.8 Å². The Balaban J connectivity index is 0.00000116. The lowest BCUT2D eigenvalue weighted by Crippen LogP contribution is -2.15. The highest BCUT2D eigenvalue weighted by Gasteiger charge is 2.08. The number of allylic oxidation sites excluding steroid dienone is 1. The second-order valence-corrected chi connectivity index (χ2v) is 4.39. The Labute approximate surface area is 130 Å². The molecule has 0 aliphatic heterocycles. The number of hydrogen-bond donors (Lipinski definition) is 3. The Kier molecular flexibility index (Phi) is 6.89. The number of phenolic OH excluding ortho intramolecular Hbond substituents is 1. The molecule has 5 heteroatoms. The number of rotatable bonds is 4. The maximum atomic E-state index is 11.9. The van der Waals surface area contributed by atoms with Crippen molar-refractivity contribution in [1.82, 2.24) is 9.97 Å². The van der Waals surface area contributed by atoms with Crippen molar-refractivity contribution in [1.29, 1.82) is 0 Å². The molecule has 118 valence electrons. The number of aromatic nitrogens is 2. The topological polar surface area (TPSA) is 78.0 Å². The zero-order chi connectivity index (χ0) is 16.5. The summed E-state index contributed by atoms with van der Waals surface area (Å²) in [5.41, 5.74) is 1.09. The van der Waals surface area contributed by atoms with Gasteiger partial charge in [-0.3, -0.25) is 4.79 Å². The highest BCUT2D eigenvalue weighted by atomic mass is 16.3. The summed E-state index contributed by atoms with van der Waals surface area (Å²) in [6.07, 6.45) is 4.62. The first kappa shape index (κ1) is 17.5. The molecule has 0 amide bonds. The van der Waals surface area contributed by atoms with E-state index >= 15 is 0 Å². The van der Waals surface area contributed by atoms with Gasteiger partial charge in [-0.15, -0.1) is 0 Å². The summed E-state index contributed by atoms with van der Waals surface area (Å²) in [7, 11) is 0. The predicted molar refractivity (Wildman–Crippen MR) is 91.1 cm³/mol. The van der Waals surface area contributed by atoms with Crippen LogP contribution in [-0.2, 0) is 0 Å². The van der Waals surface area contributed by atoms with Gasteiger partial charge in [-0.25, -0.2) is 4.98 Å². The smallest absolute Gasteiger partial charge is 0.256 e. The molecule has 0 aliphatic rings. The zero-order valence-electron chi connectivity index (χ0n) is 13.5. The van der Waals surface area contributed by atoms with Gasteiger partial charge >= 0.3 is 0 Å². The number of hydrogen-bond acceptors (Lipinski definition) is 4. The van der Waals surface area contributed by atoms with E-state index in [0.717, 1.165) is 12.0 Å². The van der Waals surface area contributed by atoms with E-state index in [9.17, 15) is 9.90 Å². The molecule has 0 fully saturated rings. The Morgan fingerprint density at radius 1 is 1.27 bits per heavy atom. The van der Waals surface area contributed by atoms with Crippen molar-refractivity contribution in [3.8, 4) is 17.1 Å². The number of aromatic amines is 1. The molecular weight excluding hydrogens is 278 g/mol. The van der Waals surface area contributed by atoms with Crippen LogP contribution in [0, 0.1) is 6.92 Å². The van der Waals surface area contributed by atoms with Crippen LogP contribution < -0.4 is 10.9 Å². The third-order valence-corrected chi connectivity index (χ3v) is 2.87. The minimum Gasteiger partial charge on any atom is -0.508 e. The second-order valence-electron chi connectivity index (χ2n) is 4.39. The average Bonchev–Trinajstić information content (AvgIpc) is 2.54. The van der Waals surface area contributed by atoms with Crippen LogP contribution in [0.15, 0.2) is 41.3 Å². The first-order chi connectivity index (χ1) is 10.6. The Hall–Kier alpha value is -2.56. The maximum absolute atomic E-state index is 11.9. The molecule has 3 N–H and O–H groups in total. The van der Waals surface area contributed by atoms with Gasteiger partial charge in [0.2, 0.25) is 0 Å². The van der Waals surface area contributed by atoms with E-state index in [2.05, 4.69) is 15.3 Å². The molecule has 2 aromatic rings. The lowest BCUT2D eigenvalue weighted by atomic mass is 10.2. The van der Waals surface area contributed by atoms with Gasteiger partial charge in [0.1, 0.15) is 17.4 Å². The van der Waals surface area contributed by atoms with Gasteiger partial charge in [0.25, 0.3) is 5.56 Å². The largest absolute Gasteiger partial charge is 0.508 e. The van der Waals surface area contributed by atoms with Crippen molar-refractivity contribution in [2.24, 2.45) is 0 Å². The molecule has 0 spiro atoms. The summed E-state index contributed by atoms with van der Waals surface area (Å²) < 4.78 is 0. The molecule has 1 heterocycles. The quantitative estimate of drug-likeness (QED) is 0.802. The van der Waals surface area contributed by atoms with Crippen molar-refractivity contribution in [3.05, 3.63) is 52.5 Å². The summed E-state index contributed by atoms with van der Waals surface area (Å²) in [6.45, 7) is 7.74. The van der Waals surface area contributed by atoms with Crippen LogP contribution in [0.3, 0.4) is 0 Å². The molecule has 0 radical (unpaired) electrons. The van der Waals surface area contributed by atoms with E-state index in [1.807, 2.05) is 26.8 Å². The van der Waals surface area contributed by atoms with Crippen LogP contribution >= 0.6 is 0 Å². The molecule has 0 atom stereocenters. The number of nitrogens with one attached hydrogen (secondary N) is 2. The van der Waals surface area contributed by atoms with Crippen LogP contribution in [0.5, 0.6) is 5.75 Å². The molecule has 5 nitrogen and oxygen atoms in total. The Morgan fingerprint density at radius 2 is 1.91 bits per heavy atom. The summed E-state index contributed by atoms with van der Waals surface area (Å²) in [6, 6.07) is 6.52. The maximum Gasteiger partial charge on any atom is 0.256 e. The van der Waals surface area contributed by atoms with Crippen molar-refractivity contribution >= 4 is 5.82 Å². The SMILES string of the molecule is CC.CC/C=C/Nc1nc(-c2ccc(O)cc2)[nH]c(=O)c1C. The lowest BCUT2D eigenvalue weighted by molar-refractivity contribution is 0.475. The van der Waals surface area contributed by atoms with Gasteiger partial charge in [0.05, 0.1) is 5.56 Å². The molecule has 0 saturated carbocycles. The van der Waals surface area contributed by atoms with E-state index in [1.54, 1.807) is 37.4 Å². The van der Waals surface area contributed by atoms with Gasteiger partial charge in [-0.1, -0.05) is 26.8 Å². The van der Waals surface area contributed by atoms with Crippen molar-refractivity contribution in [3.63, 3.8) is 0 Å². The Morgan fingerprint density at radius 3 is 2.50 bits per heavy atom. The predicted octanol–water partition coefficient (Wildman–Crippen LogP) is 3.81. The number of aromatic hydroxyl groups is 1. The first-order valence-corrected chi connectivity index (χ1v) is 7.43. The molecular formula is C17H23N3O2. The average molecular weight is 301 g/mol. The van der Waals surface area contributed by atoms with E-state index < -0.39 is 0 Å². The van der Waals surface area contributed by atoms with Crippen LogP contribution in [-0.4, -0.2) is 15.1 Å². The highest BCUT2D eigenvalue weighted by molar-refractivity contribution is 5.59. The minimum absolute atomic E-state index is 0.174. The molecule has 1 aromatic carbocycles. The first-order valence-electron chi connectivity index (χ1n) is 7.43. The summed E-state index contributed by atoms with van der Waals surface area (Å²) in [4.78, 5) is 19.1. The van der Waals surface area contributed by atoms with E-state index in [-0.39, 0.29) is 11.3 Å². The minimum atomic E-state index is -0.185. The number of benzene rings is 1. The second kappa shape index (κ2) is 8.67. The third-order valence-electron chi connectivity index (χ3n) is 2.87. The van der Waals surface area contributed by atoms with Crippen molar-refractivity contribution < 1.29 is 5.11 Å². The van der Waals surface area contributed by atoms with Gasteiger partial charge < -0.3 is 15.4 Å². The molecule has 0 saturated heterocycles. The number of phenols is 1. The highest BCUT2D eigenvalue weighted by Crippen LogP contribution is 2.19. The van der Waals surface area contributed by atoms with Crippen LogP contribution in [0.25, 0.3) is 11.4 Å². The Bertz CT molecular complexity index is 673. The fraction of sp³-hybridized carbons (Fsp3) is 0.294. The molecule has 2 rings (SSSR count).